The molecule has 116 valence electrons. The first kappa shape index (κ1) is 16.0. The van der Waals surface area contributed by atoms with Gasteiger partial charge in [0.05, 0.1) is 6.42 Å². The van der Waals surface area contributed by atoms with Crippen LogP contribution in [0.15, 0.2) is 48.5 Å². The molecule has 4 heteroatoms. The fraction of sp³-hybridized carbons (Fsp3) is 0.278. The second-order valence-electron chi connectivity index (χ2n) is 5.71. The quantitative estimate of drug-likeness (QED) is 0.804. The smallest absolute Gasteiger partial charge is 0.224 e. The van der Waals surface area contributed by atoms with E-state index in [9.17, 15) is 4.79 Å². The first-order valence-electron chi connectivity index (χ1n) is 7.37. The van der Waals surface area contributed by atoms with Crippen molar-refractivity contribution in [2.75, 3.05) is 19.8 Å². The van der Waals surface area contributed by atoms with Crippen molar-refractivity contribution in [2.45, 2.75) is 19.5 Å². The summed E-state index contributed by atoms with van der Waals surface area (Å²) in [5.74, 6) is 0.00487. The van der Waals surface area contributed by atoms with Gasteiger partial charge in [-0.25, -0.2) is 0 Å². The summed E-state index contributed by atoms with van der Waals surface area (Å²) in [6.45, 7) is 1.41. The van der Waals surface area contributed by atoms with Crippen LogP contribution in [-0.4, -0.2) is 24.9 Å². The van der Waals surface area contributed by atoms with Crippen molar-refractivity contribution in [3.8, 4) is 0 Å². The molecule has 22 heavy (non-hydrogen) atoms. The minimum atomic E-state index is 0.00487. The Labute approximate surface area is 131 Å². The predicted octanol–water partition coefficient (Wildman–Crippen LogP) is 2.19. The molecule has 0 saturated carbocycles. The fourth-order valence-corrected chi connectivity index (χ4v) is 2.37. The van der Waals surface area contributed by atoms with Gasteiger partial charge in [0.2, 0.25) is 5.91 Å². The van der Waals surface area contributed by atoms with E-state index in [1.54, 1.807) is 0 Å². The van der Waals surface area contributed by atoms with Crippen molar-refractivity contribution in [1.82, 2.24) is 10.2 Å². The molecule has 1 amide bonds. The number of carbonyl (C=O) groups is 1. The first-order chi connectivity index (χ1) is 10.5. The molecule has 0 atom stereocenters. The van der Waals surface area contributed by atoms with Crippen LogP contribution in [0.5, 0.6) is 0 Å². The van der Waals surface area contributed by atoms with Crippen molar-refractivity contribution < 1.29 is 4.79 Å². The van der Waals surface area contributed by atoms with Crippen LogP contribution in [0.1, 0.15) is 16.7 Å². The third-order valence-corrected chi connectivity index (χ3v) is 3.40. The van der Waals surface area contributed by atoms with Gasteiger partial charge in [-0.2, -0.15) is 0 Å². The van der Waals surface area contributed by atoms with Gasteiger partial charge < -0.3 is 16.0 Å². The molecule has 0 saturated heterocycles. The summed E-state index contributed by atoms with van der Waals surface area (Å²) in [6, 6.07) is 15.6. The zero-order valence-electron chi connectivity index (χ0n) is 13.2. The topological polar surface area (TPSA) is 58.4 Å². The number of nitrogens with two attached hydrogens (primary N) is 1. The SMILES string of the molecule is CN(C)Cc1ccccc1CNC(=O)Cc1cccc(N)c1. The van der Waals surface area contributed by atoms with Gasteiger partial charge in [0.25, 0.3) is 0 Å². The molecular weight excluding hydrogens is 274 g/mol. The maximum atomic E-state index is 12.1. The lowest BCUT2D eigenvalue weighted by atomic mass is 10.1. The maximum Gasteiger partial charge on any atom is 0.224 e. The Balaban J connectivity index is 1.94. The van der Waals surface area contributed by atoms with E-state index in [-0.39, 0.29) is 5.91 Å². The van der Waals surface area contributed by atoms with Crippen molar-refractivity contribution >= 4 is 11.6 Å². The molecule has 0 heterocycles. The van der Waals surface area contributed by atoms with Crippen LogP contribution < -0.4 is 11.1 Å². The standard InChI is InChI=1S/C18H23N3O/c1-21(2)13-16-8-4-3-7-15(16)12-20-18(22)11-14-6-5-9-17(19)10-14/h3-10H,11-13,19H2,1-2H3,(H,20,22). The zero-order chi connectivity index (χ0) is 15.9. The lowest BCUT2D eigenvalue weighted by Crippen LogP contribution is -2.25. The van der Waals surface area contributed by atoms with Crippen LogP contribution in [0.4, 0.5) is 5.69 Å². The molecule has 0 aliphatic rings. The van der Waals surface area contributed by atoms with Gasteiger partial charge in [-0.1, -0.05) is 36.4 Å². The van der Waals surface area contributed by atoms with Gasteiger partial charge in [-0.3, -0.25) is 4.79 Å². The van der Waals surface area contributed by atoms with Crippen LogP contribution in [0.25, 0.3) is 0 Å². The number of carbonyl (C=O) groups excluding carboxylic acids is 1. The van der Waals surface area contributed by atoms with Gasteiger partial charge in [0.15, 0.2) is 0 Å². The lowest BCUT2D eigenvalue weighted by Gasteiger charge is -2.14. The molecule has 0 spiro atoms. The van der Waals surface area contributed by atoms with Crippen molar-refractivity contribution in [1.29, 1.82) is 0 Å². The number of anilines is 1. The molecule has 4 nitrogen and oxygen atoms in total. The molecule has 2 rings (SSSR count). The number of benzene rings is 2. The van der Waals surface area contributed by atoms with Crippen molar-refractivity contribution in [3.05, 3.63) is 65.2 Å². The summed E-state index contributed by atoms with van der Waals surface area (Å²) in [6.07, 6.45) is 0.348. The van der Waals surface area contributed by atoms with E-state index in [0.717, 1.165) is 17.7 Å². The number of rotatable bonds is 6. The van der Waals surface area contributed by atoms with E-state index in [0.29, 0.717) is 18.7 Å². The summed E-state index contributed by atoms with van der Waals surface area (Å²) >= 11 is 0. The highest BCUT2D eigenvalue weighted by Gasteiger charge is 2.07. The molecule has 2 aromatic carbocycles. The van der Waals surface area contributed by atoms with E-state index < -0.39 is 0 Å². The Hall–Kier alpha value is -2.33. The molecule has 0 bridgehead atoms. The minimum Gasteiger partial charge on any atom is -0.399 e. The Kier molecular flexibility index (Phi) is 5.55. The van der Waals surface area contributed by atoms with E-state index in [2.05, 4.69) is 22.3 Å². The van der Waals surface area contributed by atoms with Crippen molar-refractivity contribution in [2.24, 2.45) is 0 Å². The van der Waals surface area contributed by atoms with Gasteiger partial charge in [-0.05, 0) is 42.9 Å². The zero-order valence-corrected chi connectivity index (χ0v) is 13.2. The number of nitrogen functional groups attached to an aromatic ring is 1. The van der Waals surface area contributed by atoms with Gasteiger partial charge in [-0.15, -0.1) is 0 Å². The summed E-state index contributed by atoms with van der Waals surface area (Å²) < 4.78 is 0. The normalized spacial score (nSPS) is 10.7. The number of nitrogens with one attached hydrogen (secondary N) is 1. The molecule has 0 aromatic heterocycles. The molecule has 2 aromatic rings. The largest absolute Gasteiger partial charge is 0.399 e. The number of amides is 1. The molecule has 3 N–H and O–H groups in total. The average Bonchev–Trinajstić information content (AvgIpc) is 2.46. The van der Waals surface area contributed by atoms with E-state index >= 15 is 0 Å². The Morgan fingerprint density at radius 1 is 1.09 bits per heavy atom. The summed E-state index contributed by atoms with van der Waals surface area (Å²) in [5, 5.41) is 2.98. The monoisotopic (exact) mass is 297 g/mol. The average molecular weight is 297 g/mol. The third kappa shape index (κ3) is 4.90. The van der Waals surface area contributed by atoms with E-state index in [1.807, 2.05) is 50.5 Å². The van der Waals surface area contributed by atoms with Crippen LogP contribution in [0.3, 0.4) is 0 Å². The number of hydrogen-bond donors (Lipinski definition) is 2. The van der Waals surface area contributed by atoms with Crippen LogP contribution in [0, 0.1) is 0 Å². The fourth-order valence-electron chi connectivity index (χ4n) is 2.37. The molecule has 0 fully saturated rings. The Morgan fingerprint density at radius 3 is 2.50 bits per heavy atom. The van der Waals surface area contributed by atoms with E-state index in [4.69, 9.17) is 5.73 Å². The van der Waals surface area contributed by atoms with Crippen LogP contribution >= 0.6 is 0 Å². The molecule has 0 aliphatic heterocycles. The summed E-state index contributed by atoms with van der Waals surface area (Å²) in [7, 11) is 4.07. The Bertz CT molecular complexity index is 638. The summed E-state index contributed by atoms with van der Waals surface area (Å²) in [5.41, 5.74) is 9.72. The van der Waals surface area contributed by atoms with Gasteiger partial charge in [0, 0.05) is 18.8 Å². The third-order valence-electron chi connectivity index (χ3n) is 3.40. The molecular formula is C18H23N3O. The predicted molar refractivity (Wildman–Crippen MR) is 90.2 cm³/mol. The van der Waals surface area contributed by atoms with E-state index in [1.165, 1.54) is 5.56 Å². The van der Waals surface area contributed by atoms with Crippen molar-refractivity contribution in [3.63, 3.8) is 0 Å². The second kappa shape index (κ2) is 7.61. The minimum absolute atomic E-state index is 0.00487. The number of nitrogens with zero attached hydrogens (tertiary/aromatic N) is 1. The number of hydrogen-bond acceptors (Lipinski definition) is 3. The molecule has 0 aliphatic carbocycles. The first-order valence-corrected chi connectivity index (χ1v) is 7.37. The van der Waals surface area contributed by atoms with Gasteiger partial charge >= 0.3 is 0 Å². The maximum absolute atomic E-state index is 12.1. The Morgan fingerprint density at radius 2 is 1.82 bits per heavy atom. The highest BCUT2D eigenvalue weighted by molar-refractivity contribution is 5.78. The summed E-state index contributed by atoms with van der Waals surface area (Å²) in [4.78, 5) is 14.2. The van der Waals surface area contributed by atoms with Crippen LogP contribution in [-0.2, 0) is 24.3 Å². The molecule has 0 unspecified atom stereocenters. The van der Waals surface area contributed by atoms with Gasteiger partial charge in [0.1, 0.15) is 0 Å². The highest BCUT2D eigenvalue weighted by atomic mass is 16.1. The van der Waals surface area contributed by atoms with Crippen LogP contribution in [0.2, 0.25) is 0 Å². The highest BCUT2D eigenvalue weighted by Crippen LogP contribution is 2.11. The molecule has 0 radical (unpaired) electrons. The second-order valence-corrected chi connectivity index (χ2v) is 5.71. The lowest BCUT2D eigenvalue weighted by molar-refractivity contribution is -0.120.